The van der Waals surface area contributed by atoms with Gasteiger partial charge in [0.25, 0.3) is 5.22 Å². The maximum Gasteiger partial charge on any atom is 0.277 e. The Labute approximate surface area is 145 Å². The number of thioether (sulfide) groups is 1. The molecule has 8 heteroatoms. The topological polar surface area (TPSA) is 97.1 Å². The number of hydrogen-bond acceptors (Lipinski definition) is 6. The maximum absolute atomic E-state index is 12.3. The van der Waals surface area contributed by atoms with Gasteiger partial charge in [0.05, 0.1) is 11.8 Å². The first-order valence-electron chi connectivity index (χ1n) is 8.28. The summed E-state index contributed by atoms with van der Waals surface area (Å²) in [5.41, 5.74) is 0. The van der Waals surface area contributed by atoms with Crippen LogP contribution in [0.1, 0.15) is 38.0 Å². The van der Waals surface area contributed by atoms with E-state index >= 15 is 0 Å². The summed E-state index contributed by atoms with van der Waals surface area (Å²) in [6, 6.07) is -0.00693. The number of nitrogens with zero attached hydrogens (tertiary/aromatic N) is 2. The van der Waals surface area contributed by atoms with Crippen molar-refractivity contribution in [3.8, 4) is 0 Å². The second-order valence-corrected chi connectivity index (χ2v) is 7.15. The summed E-state index contributed by atoms with van der Waals surface area (Å²) in [5, 5.41) is 14.2. The lowest BCUT2D eigenvalue weighted by molar-refractivity contribution is -0.126. The van der Waals surface area contributed by atoms with E-state index in [1.54, 1.807) is 6.92 Å². The van der Waals surface area contributed by atoms with Crippen molar-refractivity contribution in [2.75, 3.05) is 5.75 Å². The van der Waals surface area contributed by atoms with Crippen LogP contribution in [0.25, 0.3) is 0 Å². The summed E-state index contributed by atoms with van der Waals surface area (Å²) >= 11 is 1.22. The predicted molar refractivity (Wildman–Crippen MR) is 89.3 cm³/mol. The molecule has 3 rings (SSSR count). The van der Waals surface area contributed by atoms with Gasteiger partial charge in [0.2, 0.25) is 17.7 Å². The van der Waals surface area contributed by atoms with Gasteiger partial charge in [-0.15, -0.1) is 10.2 Å². The van der Waals surface area contributed by atoms with Gasteiger partial charge in [-0.05, 0) is 31.6 Å². The normalized spacial score (nSPS) is 26.9. The molecule has 24 heavy (non-hydrogen) atoms. The number of aromatic nitrogens is 2. The second kappa shape index (κ2) is 7.83. The summed E-state index contributed by atoms with van der Waals surface area (Å²) in [4.78, 5) is 24.0. The third kappa shape index (κ3) is 4.37. The Morgan fingerprint density at radius 3 is 3.00 bits per heavy atom. The Hall–Kier alpha value is -1.83. The molecule has 0 bridgehead atoms. The highest BCUT2D eigenvalue weighted by atomic mass is 32.2. The molecule has 1 aromatic heterocycles. The molecule has 2 N–H and O–H groups in total. The maximum atomic E-state index is 12.3. The Bertz CT molecular complexity index is 631. The fourth-order valence-corrected chi connectivity index (χ4v) is 3.90. The van der Waals surface area contributed by atoms with Crippen LogP contribution in [0.4, 0.5) is 0 Å². The first-order chi connectivity index (χ1) is 11.6. The number of hydrogen-bond donors (Lipinski definition) is 2. The Balaban J connectivity index is 1.55. The van der Waals surface area contributed by atoms with Crippen LogP contribution in [0.2, 0.25) is 0 Å². The van der Waals surface area contributed by atoms with Crippen LogP contribution in [-0.4, -0.2) is 39.8 Å². The first kappa shape index (κ1) is 17.0. The molecular formula is C16H22N4O3S. The number of piperidine rings is 1. The van der Waals surface area contributed by atoms with Crippen LogP contribution in [0.5, 0.6) is 0 Å². The molecule has 3 atom stereocenters. The van der Waals surface area contributed by atoms with Crippen molar-refractivity contribution in [2.45, 2.75) is 56.3 Å². The molecule has 1 aliphatic heterocycles. The Morgan fingerprint density at radius 1 is 1.42 bits per heavy atom. The summed E-state index contributed by atoms with van der Waals surface area (Å²) in [6.45, 7) is 1.71. The number of carbonyl (C=O) groups excluding carboxylic acids is 2. The number of amides is 2. The van der Waals surface area contributed by atoms with E-state index in [0.717, 1.165) is 19.3 Å². The molecular weight excluding hydrogens is 328 g/mol. The van der Waals surface area contributed by atoms with E-state index in [4.69, 9.17) is 4.42 Å². The average molecular weight is 350 g/mol. The fourth-order valence-electron chi connectivity index (χ4n) is 3.29. The molecule has 7 nitrogen and oxygen atoms in total. The Kier molecular flexibility index (Phi) is 5.55. The standard InChI is InChI=1S/C16H22N4O3S/c1-10-19-20-16(23-10)24-9-14(22)17-12-7-8-13(21)18-15(12)11-5-3-2-4-6-11/h2-3,11-12,15H,4-9H2,1H3,(H,17,22)(H,18,21)/t11-,12+,15-/m0/s1. The molecule has 1 aliphatic carbocycles. The van der Waals surface area contributed by atoms with Gasteiger partial charge in [-0.2, -0.15) is 0 Å². The Morgan fingerprint density at radius 2 is 2.29 bits per heavy atom. The van der Waals surface area contributed by atoms with Crippen molar-refractivity contribution in [1.29, 1.82) is 0 Å². The quantitative estimate of drug-likeness (QED) is 0.618. The summed E-state index contributed by atoms with van der Waals surface area (Å²) < 4.78 is 5.25. The SMILES string of the molecule is Cc1nnc(SCC(=O)N[C@@H]2CCC(=O)N[C@H]2[C@H]2CC=CCC2)o1. The van der Waals surface area contributed by atoms with Crippen LogP contribution in [0, 0.1) is 12.8 Å². The highest BCUT2D eigenvalue weighted by Gasteiger charge is 2.35. The number of carbonyl (C=O) groups is 2. The van der Waals surface area contributed by atoms with Crippen LogP contribution in [0.3, 0.4) is 0 Å². The van der Waals surface area contributed by atoms with Gasteiger partial charge in [-0.3, -0.25) is 9.59 Å². The van der Waals surface area contributed by atoms with Gasteiger partial charge in [0, 0.05) is 19.4 Å². The van der Waals surface area contributed by atoms with E-state index in [1.165, 1.54) is 11.8 Å². The molecule has 130 valence electrons. The van der Waals surface area contributed by atoms with E-state index in [0.29, 0.717) is 29.9 Å². The van der Waals surface area contributed by atoms with Crippen molar-refractivity contribution in [2.24, 2.45) is 5.92 Å². The lowest BCUT2D eigenvalue weighted by atomic mass is 9.81. The zero-order chi connectivity index (χ0) is 16.9. The van der Waals surface area contributed by atoms with Gasteiger partial charge >= 0.3 is 0 Å². The molecule has 2 heterocycles. The lowest BCUT2D eigenvalue weighted by Gasteiger charge is -2.38. The first-order valence-corrected chi connectivity index (χ1v) is 9.27. The highest BCUT2D eigenvalue weighted by Crippen LogP contribution is 2.27. The number of allylic oxidation sites excluding steroid dienone is 2. The minimum Gasteiger partial charge on any atom is -0.416 e. The van der Waals surface area contributed by atoms with Crippen molar-refractivity contribution in [3.63, 3.8) is 0 Å². The molecule has 0 spiro atoms. The van der Waals surface area contributed by atoms with E-state index in [-0.39, 0.29) is 29.7 Å². The molecule has 1 saturated heterocycles. The van der Waals surface area contributed by atoms with E-state index in [9.17, 15) is 9.59 Å². The molecule has 2 aliphatic rings. The molecule has 0 unspecified atom stereocenters. The fraction of sp³-hybridized carbons (Fsp3) is 0.625. The summed E-state index contributed by atoms with van der Waals surface area (Å²) in [7, 11) is 0. The van der Waals surface area contributed by atoms with E-state index < -0.39 is 0 Å². The van der Waals surface area contributed by atoms with E-state index in [2.05, 4.69) is 33.0 Å². The smallest absolute Gasteiger partial charge is 0.277 e. The zero-order valence-electron chi connectivity index (χ0n) is 13.7. The predicted octanol–water partition coefficient (Wildman–Crippen LogP) is 1.59. The van der Waals surface area contributed by atoms with Crippen LogP contribution in [-0.2, 0) is 9.59 Å². The highest BCUT2D eigenvalue weighted by molar-refractivity contribution is 7.99. The van der Waals surface area contributed by atoms with Crippen molar-refractivity contribution < 1.29 is 14.0 Å². The minimum atomic E-state index is -0.0756. The van der Waals surface area contributed by atoms with Crippen LogP contribution < -0.4 is 10.6 Å². The monoisotopic (exact) mass is 350 g/mol. The number of aryl methyl sites for hydroxylation is 1. The molecule has 1 fully saturated rings. The van der Waals surface area contributed by atoms with Crippen molar-refractivity contribution >= 4 is 23.6 Å². The number of rotatable bonds is 5. The summed E-state index contributed by atoms with van der Waals surface area (Å²) in [6.07, 6.45) is 8.52. The van der Waals surface area contributed by atoms with Gasteiger partial charge in [-0.25, -0.2) is 0 Å². The molecule has 2 amide bonds. The zero-order valence-corrected chi connectivity index (χ0v) is 14.5. The molecule has 0 aromatic carbocycles. The molecule has 0 radical (unpaired) electrons. The average Bonchev–Trinajstić information content (AvgIpc) is 3.01. The molecule has 0 saturated carbocycles. The second-order valence-electron chi connectivity index (χ2n) is 6.23. The summed E-state index contributed by atoms with van der Waals surface area (Å²) in [5.74, 6) is 1.10. The third-order valence-corrected chi connectivity index (χ3v) is 5.26. The van der Waals surface area contributed by atoms with Crippen molar-refractivity contribution in [1.82, 2.24) is 20.8 Å². The van der Waals surface area contributed by atoms with E-state index in [1.807, 2.05) is 0 Å². The van der Waals surface area contributed by atoms with Gasteiger partial charge in [0.15, 0.2) is 0 Å². The lowest BCUT2D eigenvalue weighted by Crippen LogP contribution is -2.58. The number of nitrogens with one attached hydrogen (secondary N) is 2. The van der Waals surface area contributed by atoms with Crippen LogP contribution >= 0.6 is 11.8 Å². The van der Waals surface area contributed by atoms with Gasteiger partial charge in [0.1, 0.15) is 0 Å². The molecule has 1 aromatic rings. The minimum absolute atomic E-state index is 0.01000. The van der Waals surface area contributed by atoms with Gasteiger partial charge in [-0.1, -0.05) is 23.9 Å². The largest absolute Gasteiger partial charge is 0.416 e. The third-order valence-electron chi connectivity index (χ3n) is 4.44. The van der Waals surface area contributed by atoms with Crippen LogP contribution in [0.15, 0.2) is 21.8 Å². The van der Waals surface area contributed by atoms with Gasteiger partial charge < -0.3 is 15.1 Å². The van der Waals surface area contributed by atoms with Crippen molar-refractivity contribution in [3.05, 3.63) is 18.0 Å².